The number of pyridine rings is 1. The van der Waals surface area contributed by atoms with Crippen molar-refractivity contribution in [1.29, 1.82) is 0 Å². The van der Waals surface area contributed by atoms with Crippen molar-refractivity contribution in [2.75, 3.05) is 4.90 Å². The molecule has 0 aliphatic carbocycles. The molecule has 0 N–H and O–H groups in total. The number of fused-ring (bicyclic) bond motifs is 1. The smallest absolute Gasteiger partial charge is 0.266 e. The molecule has 5 rings (SSSR count). The summed E-state index contributed by atoms with van der Waals surface area (Å²) in [5, 5.41) is 2.66. The minimum atomic E-state index is -0.360. The number of carbonyl (C=O) groups is 2. The first-order chi connectivity index (χ1) is 15.1. The maximum atomic E-state index is 13.5. The molecule has 2 aromatic carbocycles. The molecule has 6 heteroatoms. The lowest BCUT2D eigenvalue weighted by molar-refractivity contribution is -0.112. The van der Waals surface area contributed by atoms with Gasteiger partial charge in [0.25, 0.3) is 11.8 Å². The lowest BCUT2D eigenvalue weighted by Gasteiger charge is -2.28. The molecule has 150 valence electrons. The topological polar surface area (TPSA) is 63.2 Å². The zero-order chi connectivity index (χ0) is 21.4. The summed E-state index contributed by atoms with van der Waals surface area (Å²) in [6.45, 7) is 1.93. The first kappa shape index (κ1) is 19.1. The van der Waals surface area contributed by atoms with E-state index in [2.05, 4.69) is 9.97 Å². The highest BCUT2D eigenvalue weighted by atomic mass is 32.1. The fourth-order valence-corrected chi connectivity index (χ4v) is 4.35. The molecule has 0 spiro atoms. The second kappa shape index (κ2) is 7.74. The van der Waals surface area contributed by atoms with Crippen molar-refractivity contribution in [2.24, 2.45) is 0 Å². The number of amides is 2. The molecule has 0 saturated carbocycles. The van der Waals surface area contributed by atoms with Gasteiger partial charge in [0.05, 0.1) is 22.6 Å². The van der Waals surface area contributed by atoms with Gasteiger partial charge < -0.3 is 0 Å². The highest BCUT2D eigenvalue weighted by Crippen LogP contribution is 2.34. The van der Waals surface area contributed by atoms with Gasteiger partial charge in [0.1, 0.15) is 5.01 Å². The summed E-state index contributed by atoms with van der Waals surface area (Å²) in [5.74, 6) is -0.683. The van der Waals surface area contributed by atoms with Crippen LogP contribution in [0.3, 0.4) is 0 Å². The van der Waals surface area contributed by atoms with E-state index in [1.54, 1.807) is 36.5 Å². The average Bonchev–Trinajstić information content (AvgIpc) is 3.26. The minimum Gasteiger partial charge on any atom is -0.268 e. The molecule has 0 unspecified atom stereocenters. The molecule has 5 nitrogen and oxygen atoms in total. The predicted octanol–water partition coefficient (Wildman–Crippen LogP) is 5.24. The van der Waals surface area contributed by atoms with E-state index in [-0.39, 0.29) is 11.8 Å². The Hall–Kier alpha value is -3.90. The quantitative estimate of drug-likeness (QED) is 0.334. The molecule has 0 fully saturated rings. The molecular weight excluding hydrogens is 406 g/mol. The van der Waals surface area contributed by atoms with Gasteiger partial charge >= 0.3 is 0 Å². The van der Waals surface area contributed by atoms with E-state index in [0.29, 0.717) is 28.1 Å². The zero-order valence-corrected chi connectivity index (χ0v) is 17.5. The third-order valence-corrected chi connectivity index (χ3v) is 5.93. The first-order valence-electron chi connectivity index (χ1n) is 9.75. The highest BCUT2D eigenvalue weighted by Gasteiger charge is 2.35. The van der Waals surface area contributed by atoms with Crippen molar-refractivity contribution in [3.05, 3.63) is 101 Å². The number of rotatable bonds is 3. The maximum absolute atomic E-state index is 13.5. The van der Waals surface area contributed by atoms with Gasteiger partial charge in [-0.05, 0) is 48.9 Å². The number of hydrogen-bond acceptors (Lipinski definition) is 5. The molecule has 0 atom stereocenters. The molecule has 3 heterocycles. The fraction of sp³-hybridized carbons (Fsp3) is 0.0400. The van der Waals surface area contributed by atoms with E-state index in [1.165, 1.54) is 16.2 Å². The van der Waals surface area contributed by atoms with Gasteiger partial charge in [-0.3, -0.25) is 14.6 Å². The van der Waals surface area contributed by atoms with Gasteiger partial charge in [-0.25, -0.2) is 9.88 Å². The predicted molar refractivity (Wildman–Crippen MR) is 123 cm³/mol. The molecule has 31 heavy (non-hydrogen) atoms. The SMILES string of the molecule is Cc1cccc(N2C(=O)/C(=C/c3csc(-c4ccccn4)n3)c3ccccc3C2=O)c1. The van der Waals surface area contributed by atoms with Crippen molar-refractivity contribution in [1.82, 2.24) is 9.97 Å². The lowest BCUT2D eigenvalue weighted by atomic mass is 9.92. The Morgan fingerprint density at radius 2 is 1.71 bits per heavy atom. The van der Waals surface area contributed by atoms with Crippen LogP contribution in [0, 0.1) is 6.92 Å². The maximum Gasteiger partial charge on any atom is 0.266 e. The third kappa shape index (κ3) is 3.47. The minimum absolute atomic E-state index is 0.323. The number of carbonyl (C=O) groups excluding carboxylic acids is 2. The average molecular weight is 423 g/mol. The van der Waals surface area contributed by atoms with E-state index < -0.39 is 0 Å². The number of benzene rings is 2. The normalized spacial score (nSPS) is 14.7. The van der Waals surface area contributed by atoms with Gasteiger partial charge in [-0.2, -0.15) is 0 Å². The Kier molecular flexibility index (Phi) is 4.76. The van der Waals surface area contributed by atoms with Crippen LogP contribution < -0.4 is 4.90 Å². The summed E-state index contributed by atoms with van der Waals surface area (Å²) in [7, 11) is 0. The Labute approximate surface area is 183 Å². The van der Waals surface area contributed by atoms with Crippen LogP contribution in [0.25, 0.3) is 22.4 Å². The molecular formula is C25H17N3O2S. The second-order valence-corrected chi connectivity index (χ2v) is 8.04. The molecule has 0 radical (unpaired) electrons. The third-order valence-electron chi connectivity index (χ3n) is 5.04. The number of aryl methyl sites for hydroxylation is 1. The molecule has 4 aromatic rings. The van der Waals surface area contributed by atoms with Gasteiger partial charge in [0, 0.05) is 22.7 Å². The van der Waals surface area contributed by atoms with Crippen LogP contribution in [0.2, 0.25) is 0 Å². The van der Waals surface area contributed by atoms with Crippen LogP contribution in [0.5, 0.6) is 0 Å². The Morgan fingerprint density at radius 1 is 0.903 bits per heavy atom. The Bertz CT molecular complexity index is 1340. The van der Waals surface area contributed by atoms with Crippen LogP contribution >= 0.6 is 11.3 Å². The molecule has 2 amide bonds. The summed E-state index contributed by atoms with van der Waals surface area (Å²) in [4.78, 5) is 36.9. The Morgan fingerprint density at radius 3 is 2.48 bits per heavy atom. The summed E-state index contributed by atoms with van der Waals surface area (Å²) < 4.78 is 0. The van der Waals surface area contributed by atoms with Gasteiger partial charge in [-0.1, -0.05) is 36.4 Å². The first-order valence-corrected chi connectivity index (χ1v) is 10.6. The van der Waals surface area contributed by atoms with Crippen LogP contribution in [-0.2, 0) is 4.79 Å². The highest BCUT2D eigenvalue weighted by molar-refractivity contribution is 7.13. The van der Waals surface area contributed by atoms with E-state index in [1.807, 2.05) is 54.8 Å². The molecule has 0 bridgehead atoms. The number of imide groups is 1. The summed E-state index contributed by atoms with van der Waals surface area (Å²) >= 11 is 1.46. The van der Waals surface area contributed by atoms with Crippen LogP contribution in [-0.4, -0.2) is 21.8 Å². The molecule has 2 aromatic heterocycles. The summed E-state index contributed by atoms with van der Waals surface area (Å²) in [5.41, 5.74) is 4.52. The second-order valence-electron chi connectivity index (χ2n) is 7.18. The molecule has 0 saturated heterocycles. The number of anilines is 1. The van der Waals surface area contributed by atoms with Gasteiger partial charge in [-0.15, -0.1) is 11.3 Å². The van der Waals surface area contributed by atoms with Crippen molar-refractivity contribution in [3.8, 4) is 10.7 Å². The van der Waals surface area contributed by atoms with Crippen molar-refractivity contribution >= 4 is 40.5 Å². The lowest BCUT2D eigenvalue weighted by Crippen LogP contribution is -2.41. The monoisotopic (exact) mass is 423 g/mol. The summed E-state index contributed by atoms with van der Waals surface area (Å²) in [6, 6.07) is 20.2. The van der Waals surface area contributed by atoms with E-state index in [9.17, 15) is 9.59 Å². The van der Waals surface area contributed by atoms with Crippen LogP contribution in [0.1, 0.15) is 27.2 Å². The van der Waals surface area contributed by atoms with Crippen molar-refractivity contribution in [2.45, 2.75) is 6.92 Å². The van der Waals surface area contributed by atoms with Crippen molar-refractivity contribution < 1.29 is 9.59 Å². The van der Waals surface area contributed by atoms with Gasteiger partial charge in [0.2, 0.25) is 0 Å². The van der Waals surface area contributed by atoms with E-state index in [0.717, 1.165) is 16.3 Å². The molecule has 1 aliphatic heterocycles. The molecule has 1 aliphatic rings. The number of nitrogens with zero attached hydrogens (tertiary/aromatic N) is 3. The van der Waals surface area contributed by atoms with Crippen molar-refractivity contribution in [3.63, 3.8) is 0 Å². The number of aromatic nitrogens is 2. The number of hydrogen-bond donors (Lipinski definition) is 0. The standard InChI is InChI=1S/C25H17N3O2S/c1-16-7-6-8-18(13-16)28-24(29)20-10-3-2-9-19(20)21(25(28)30)14-17-15-31-23(27-17)22-11-4-5-12-26-22/h2-15H,1H3/b21-14+. The Balaban J connectivity index is 1.62. The fourth-order valence-electron chi connectivity index (χ4n) is 3.60. The van der Waals surface area contributed by atoms with E-state index >= 15 is 0 Å². The zero-order valence-electron chi connectivity index (χ0n) is 16.6. The van der Waals surface area contributed by atoms with Crippen LogP contribution in [0.15, 0.2) is 78.3 Å². The van der Waals surface area contributed by atoms with Crippen LogP contribution in [0.4, 0.5) is 5.69 Å². The largest absolute Gasteiger partial charge is 0.268 e. The van der Waals surface area contributed by atoms with E-state index in [4.69, 9.17) is 0 Å². The number of thiazole rings is 1. The van der Waals surface area contributed by atoms with Gasteiger partial charge in [0.15, 0.2) is 0 Å². The summed E-state index contributed by atoms with van der Waals surface area (Å²) in [6.07, 6.45) is 3.47.